The lowest BCUT2D eigenvalue weighted by Gasteiger charge is -2.12. The van der Waals surface area contributed by atoms with Crippen LogP contribution in [0, 0.1) is 11.3 Å². The molecule has 0 N–H and O–H groups in total. The lowest BCUT2D eigenvalue weighted by molar-refractivity contribution is 0.103. The molecule has 0 unspecified atom stereocenters. The maximum absolute atomic E-state index is 12.8. The van der Waals surface area contributed by atoms with E-state index in [9.17, 15) is 4.79 Å². The zero-order chi connectivity index (χ0) is 16.1. The van der Waals surface area contributed by atoms with Crippen LogP contribution in [0.4, 0.5) is 0 Å². The molecule has 0 radical (unpaired) electrons. The first-order valence-electron chi connectivity index (χ1n) is 7.48. The van der Waals surface area contributed by atoms with Gasteiger partial charge in [0, 0.05) is 17.8 Å². The molecule has 0 aliphatic heterocycles. The Bertz CT molecular complexity index is 842. The Morgan fingerprint density at radius 3 is 2.22 bits per heavy atom. The molecule has 3 rings (SSSR count). The standard InChI is InChI=1S/C20H16N2O/c21-14-13-18-11-12-19(20(23)17-9-5-2-6-10-17)22(18)15-16-7-3-1-4-8-16/h1-12H,13,15H2. The molecule has 0 fully saturated rings. The number of benzene rings is 2. The van der Waals surface area contributed by atoms with Crippen LogP contribution in [0.3, 0.4) is 0 Å². The van der Waals surface area contributed by atoms with Gasteiger partial charge in [0.05, 0.1) is 18.2 Å². The molecule has 3 aromatic rings. The fraction of sp³-hybridized carbons (Fsp3) is 0.100. The molecular weight excluding hydrogens is 284 g/mol. The van der Waals surface area contributed by atoms with Gasteiger partial charge in [-0.05, 0) is 17.7 Å². The summed E-state index contributed by atoms with van der Waals surface area (Å²) in [6.45, 7) is 0.582. The Morgan fingerprint density at radius 1 is 0.913 bits per heavy atom. The molecular formula is C20H16N2O. The molecule has 2 aromatic carbocycles. The fourth-order valence-corrected chi connectivity index (χ4v) is 2.63. The Labute approximate surface area is 135 Å². The third-order valence-corrected chi connectivity index (χ3v) is 3.78. The number of ketones is 1. The van der Waals surface area contributed by atoms with Crippen LogP contribution in [-0.4, -0.2) is 10.4 Å². The van der Waals surface area contributed by atoms with E-state index in [1.165, 1.54) is 0 Å². The third-order valence-electron chi connectivity index (χ3n) is 3.78. The van der Waals surface area contributed by atoms with E-state index in [4.69, 9.17) is 5.26 Å². The Morgan fingerprint density at radius 2 is 1.57 bits per heavy atom. The van der Waals surface area contributed by atoms with Gasteiger partial charge in [-0.2, -0.15) is 5.26 Å². The third kappa shape index (κ3) is 3.22. The molecule has 23 heavy (non-hydrogen) atoms. The Kier molecular flexibility index (Phi) is 4.35. The van der Waals surface area contributed by atoms with Crippen molar-refractivity contribution in [1.29, 1.82) is 5.26 Å². The SMILES string of the molecule is N#CCc1ccc(C(=O)c2ccccc2)n1Cc1ccccc1. The molecule has 0 saturated carbocycles. The molecule has 0 aliphatic carbocycles. The van der Waals surface area contributed by atoms with E-state index in [1.807, 2.05) is 77.4 Å². The molecule has 3 heteroatoms. The van der Waals surface area contributed by atoms with E-state index >= 15 is 0 Å². The van der Waals surface area contributed by atoms with Gasteiger partial charge in [0.2, 0.25) is 5.78 Å². The van der Waals surface area contributed by atoms with Crippen LogP contribution >= 0.6 is 0 Å². The highest BCUT2D eigenvalue weighted by atomic mass is 16.1. The van der Waals surface area contributed by atoms with Crippen LogP contribution in [0.25, 0.3) is 0 Å². The maximum atomic E-state index is 12.8. The van der Waals surface area contributed by atoms with Gasteiger partial charge in [-0.3, -0.25) is 4.79 Å². The number of hydrogen-bond donors (Lipinski definition) is 0. The smallest absolute Gasteiger partial charge is 0.209 e. The number of nitrogens with zero attached hydrogens (tertiary/aromatic N) is 2. The molecule has 0 saturated heterocycles. The molecule has 3 nitrogen and oxygen atoms in total. The summed E-state index contributed by atoms with van der Waals surface area (Å²) in [4.78, 5) is 12.8. The number of carbonyl (C=O) groups excluding carboxylic acids is 1. The predicted octanol–water partition coefficient (Wildman–Crippen LogP) is 3.83. The van der Waals surface area contributed by atoms with Crippen LogP contribution in [0.15, 0.2) is 72.8 Å². The van der Waals surface area contributed by atoms with Crippen LogP contribution in [0.2, 0.25) is 0 Å². The second-order valence-electron chi connectivity index (χ2n) is 5.31. The summed E-state index contributed by atoms with van der Waals surface area (Å²) in [6.07, 6.45) is 0.287. The Balaban J connectivity index is 2.01. The molecule has 0 aliphatic rings. The van der Waals surface area contributed by atoms with Crippen LogP contribution in [0.5, 0.6) is 0 Å². The van der Waals surface area contributed by atoms with Gasteiger partial charge < -0.3 is 4.57 Å². The molecule has 1 aromatic heterocycles. The quantitative estimate of drug-likeness (QED) is 0.672. The second-order valence-corrected chi connectivity index (χ2v) is 5.31. The first-order valence-corrected chi connectivity index (χ1v) is 7.48. The molecule has 0 spiro atoms. The Hall–Kier alpha value is -3.12. The summed E-state index contributed by atoms with van der Waals surface area (Å²) < 4.78 is 1.94. The highest BCUT2D eigenvalue weighted by Gasteiger charge is 2.16. The topological polar surface area (TPSA) is 45.8 Å². The fourth-order valence-electron chi connectivity index (χ4n) is 2.63. The summed E-state index contributed by atoms with van der Waals surface area (Å²) in [6, 6.07) is 25.0. The summed E-state index contributed by atoms with van der Waals surface area (Å²) in [5.41, 5.74) is 3.23. The molecule has 1 heterocycles. The van der Waals surface area contributed by atoms with Crippen molar-refractivity contribution in [3.05, 3.63) is 95.3 Å². The average molecular weight is 300 g/mol. The van der Waals surface area contributed by atoms with Crippen molar-refractivity contribution in [2.24, 2.45) is 0 Å². The minimum atomic E-state index is -0.0225. The number of carbonyl (C=O) groups is 1. The summed E-state index contributed by atoms with van der Waals surface area (Å²) >= 11 is 0. The largest absolute Gasteiger partial charge is 0.336 e. The summed E-state index contributed by atoms with van der Waals surface area (Å²) in [5, 5.41) is 9.03. The van der Waals surface area contributed by atoms with Gasteiger partial charge in [-0.15, -0.1) is 0 Å². The van der Waals surface area contributed by atoms with Crippen molar-refractivity contribution in [2.75, 3.05) is 0 Å². The van der Waals surface area contributed by atoms with Crippen molar-refractivity contribution in [1.82, 2.24) is 4.57 Å². The zero-order valence-electron chi connectivity index (χ0n) is 12.6. The number of nitriles is 1. The van der Waals surface area contributed by atoms with Gasteiger partial charge >= 0.3 is 0 Å². The van der Waals surface area contributed by atoms with E-state index in [-0.39, 0.29) is 12.2 Å². The molecule has 0 atom stereocenters. The number of rotatable bonds is 5. The van der Waals surface area contributed by atoms with E-state index < -0.39 is 0 Å². The molecule has 0 bridgehead atoms. The van der Waals surface area contributed by atoms with Crippen molar-refractivity contribution in [3.8, 4) is 6.07 Å². The maximum Gasteiger partial charge on any atom is 0.209 e. The first-order chi connectivity index (χ1) is 11.3. The van der Waals surface area contributed by atoms with Crippen molar-refractivity contribution >= 4 is 5.78 Å². The van der Waals surface area contributed by atoms with Gasteiger partial charge in [-0.25, -0.2) is 0 Å². The average Bonchev–Trinajstić information content (AvgIpc) is 2.99. The highest BCUT2D eigenvalue weighted by molar-refractivity contribution is 6.08. The van der Waals surface area contributed by atoms with E-state index in [0.717, 1.165) is 11.3 Å². The number of aromatic nitrogens is 1. The van der Waals surface area contributed by atoms with E-state index in [0.29, 0.717) is 17.8 Å². The summed E-state index contributed by atoms with van der Waals surface area (Å²) in [5.74, 6) is -0.0225. The van der Waals surface area contributed by atoms with Crippen LogP contribution < -0.4 is 0 Å². The minimum absolute atomic E-state index is 0.0225. The first kappa shape index (κ1) is 14.8. The van der Waals surface area contributed by atoms with E-state index in [1.54, 1.807) is 0 Å². The molecule has 0 amide bonds. The lowest BCUT2D eigenvalue weighted by atomic mass is 10.1. The van der Waals surface area contributed by atoms with Crippen molar-refractivity contribution in [3.63, 3.8) is 0 Å². The highest BCUT2D eigenvalue weighted by Crippen LogP contribution is 2.17. The van der Waals surface area contributed by atoms with Gasteiger partial charge in [-0.1, -0.05) is 60.7 Å². The van der Waals surface area contributed by atoms with Gasteiger partial charge in [0.1, 0.15) is 0 Å². The number of hydrogen-bond acceptors (Lipinski definition) is 2. The normalized spacial score (nSPS) is 10.2. The zero-order valence-corrected chi connectivity index (χ0v) is 12.6. The van der Waals surface area contributed by atoms with Gasteiger partial charge in [0.15, 0.2) is 0 Å². The monoisotopic (exact) mass is 300 g/mol. The lowest BCUT2D eigenvalue weighted by Crippen LogP contribution is -2.13. The second kappa shape index (κ2) is 6.76. The van der Waals surface area contributed by atoms with Crippen molar-refractivity contribution < 1.29 is 4.79 Å². The van der Waals surface area contributed by atoms with Gasteiger partial charge in [0.25, 0.3) is 0 Å². The van der Waals surface area contributed by atoms with Crippen LogP contribution in [0.1, 0.15) is 27.3 Å². The summed E-state index contributed by atoms with van der Waals surface area (Å²) in [7, 11) is 0. The van der Waals surface area contributed by atoms with Crippen molar-refractivity contribution in [2.45, 2.75) is 13.0 Å². The van der Waals surface area contributed by atoms with Crippen LogP contribution in [-0.2, 0) is 13.0 Å². The van der Waals surface area contributed by atoms with E-state index in [2.05, 4.69) is 6.07 Å². The molecule has 112 valence electrons. The predicted molar refractivity (Wildman–Crippen MR) is 89.2 cm³/mol. The minimum Gasteiger partial charge on any atom is -0.336 e.